The number of fused-ring (bicyclic) bond motifs is 1. The van der Waals surface area contributed by atoms with E-state index in [1.165, 1.54) is 0 Å². The summed E-state index contributed by atoms with van der Waals surface area (Å²) in [4.78, 5) is 13.0. The van der Waals surface area contributed by atoms with E-state index in [1.54, 1.807) is 35.3 Å². The Morgan fingerprint density at radius 1 is 1.23 bits per heavy atom. The van der Waals surface area contributed by atoms with Crippen LogP contribution in [0.15, 0.2) is 36.7 Å². The van der Waals surface area contributed by atoms with Crippen LogP contribution in [0.3, 0.4) is 0 Å². The average Bonchev–Trinajstić information content (AvgIpc) is 3.28. The van der Waals surface area contributed by atoms with Crippen molar-refractivity contribution in [2.75, 3.05) is 0 Å². The number of ketones is 1. The van der Waals surface area contributed by atoms with Crippen LogP contribution in [0.2, 0.25) is 0 Å². The molecule has 0 aliphatic carbocycles. The summed E-state index contributed by atoms with van der Waals surface area (Å²) >= 11 is 0. The van der Waals surface area contributed by atoms with Gasteiger partial charge in [0, 0.05) is 18.5 Å². The first-order chi connectivity index (χ1) is 12.8. The monoisotopic (exact) mass is 347 g/mol. The molecular formula is C18H17N7O. The molecule has 1 aliphatic heterocycles. The number of nitrogens with zero attached hydrogens (tertiary/aromatic N) is 7. The van der Waals surface area contributed by atoms with Crippen molar-refractivity contribution in [2.24, 2.45) is 0 Å². The predicted octanol–water partition coefficient (Wildman–Crippen LogP) is 2.08. The standard InChI is InChI=1S/C18H17N7O/c19-12-15(18-22-21-16-7-2-1-3-9-24(16)18)17(26)13-5-4-6-14(11-13)25-10-8-20-23-25/h4-6,8,10-11,15H,1-3,7,9H2/t15-/m0/s1. The first-order valence-corrected chi connectivity index (χ1v) is 8.60. The number of rotatable bonds is 4. The van der Waals surface area contributed by atoms with Crippen LogP contribution in [-0.2, 0) is 13.0 Å². The summed E-state index contributed by atoms with van der Waals surface area (Å²) in [6.45, 7) is 0.752. The summed E-state index contributed by atoms with van der Waals surface area (Å²) in [6, 6.07) is 9.13. The lowest BCUT2D eigenvalue weighted by atomic mass is 9.97. The number of Topliss-reactive ketones (excluding diaryl/α,β-unsaturated/α-hetero) is 1. The molecular weight excluding hydrogens is 330 g/mol. The topological polar surface area (TPSA) is 102 Å². The molecule has 0 saturated carbocycles. The fourth-order valence-electron chi connectivity index (χ4n) is 3.27. The molecule has 0 fully saturated rings. The van der Waals surface area contributed by atoms with Gasteiger partial charge in [0.15, 0.2) is 17.5 Å². The minimum absolute atomic E-state index is 0.283. The smallest absolute Gasteiger partial charge is 0.187 e. The van der Waals surface area contributed by atoms with E-state index in [1.807, 2.05) is 10.6 Å². The lowest BCUT2D eigenvalue weighted by Gasteiger charge is -2.11. The molecule has 2 aromatic heterocycles. The van der Waals surface area contributed by atoms with Gasteiger partial charge in [0.05, 0.1) is 24.2 Å². The van der Waals surface area contributed by atoms with Gasteiger partial charge >= 0.3 is 0 Å². The summed E-state index contributed by atoms with van der Waals surface area (Å²) in [5.41, 5.74) is 1.15. The van der Waals surface area contributed by atoms with Crippen LogP contribution in [-0.4, -0.2) is 35.5 Å². The van der Waals surface area contributed by atoms with E-state index in [9.17, 15) is 10.1 Å². The number of aromatic nitrogens is 6. The second-order valence-corrected chi connectivity index (χ2v) is 6.26. The molecule has 0 N–H and O–H groups in total. The highest BCUT2D eigenvalue weighted by molar-refractivity contribution is 6.02. The third-order valence-electron chi connectivity index (χ3n) is 4.61. The van der Waals surface area contributed by atoms with Crippen LogP contribution >= 0.6 is 0 Å². The molecule has 8 nitrogen and oxygen atoms in total. The van der Waals surface area contributed by atoms with E-state index in [-0.39, 0.29) is 5.78 Å². The van der Waals surface area contributed by atoms with Gasteiger partial charge in [-0.2, -0.15) is 5.26 Å². The van der Waals surface area contributed by atoms with Crippen LogP contribution in [0.25, 0.3) is 5.69 Å². The van der Waals surface area contributed by atoms with Crippen molar-refractivity contribution in [3.63, 3.8) is 0 Å². The Morgan fingerprint density at radius 3 is 2.96 bits per heavy atom. The van der Waals surface area contributed by atoms with Gasteiger partial charge in [0.25, 0.3) is 0 Å². The predicted molar refractivity (Wildman–Crippen MR) is 91.6 cm³/mol. The van der Waals surface area contributed by atoms with Gasteiger partial charge in [0.2, 0.25) is 0 Å². The number of hydrogen-bond acceptors (Lipinski definition) is 6. The van der Waals surface area contributed by atoms with Crippen molar-refractivity contribution in [3.05, 3.63) is 53.9 Å². The summed E-state index contributed by atoms with van der Waals surface area (Å²) in [5.74, 6) is 0.0525. The molecule has 130 valence electrons. The maximum absolute atomic E-state index is 13.0. The highest BCUT2D eigenvalue weighted by atomic mass is 16.1. The van der Waals surface area contributed by atoms with Crippen molar-refractivity contribution >= 4 is 5.78 Å². The van der Waals surface area contributed by atoms with E-state index in [4.69, 9.17) is 0 Å². The van der Waals surface area contributed by atoms with Crippen molar-refractivity contribution in [1.82, 2.24) is 29.8 Å². The van der Waals surface area contributed by atoms with Gasteiger partial charge in [-0.05, 0) is 25.0 Å². The lowest BCUT2D eigenvalue weighted by Crippen LogP contribution is -2.18. The van der Waals surface area contributed by atoms with Crippen molar-refractivity contribution < 1.29 is 4.79 Å². The minimum atomic E-state index is -0.972. The van der Waals surface area contributed by atoms with Crippen molar-refractivity contribution in [3.8, 4) is 11.8 Å². The zero-order valence-corrected chi connectivity index (χ0v) is 14.1. The van der Waals surface area contributed by atoms with Gasteiger partial charge in [-0.3, -0.25) is 4.79 Å². The van der Waals surface area contributed by atoms with Crippen LogP contribution in [0, 0.1) is 11.3 Å². The normalized spacial score (nSPS) is 14.9. The molecule has 0 amide bonds. The summed E-state index contributed by atoms with van der Waals surface area (Å²) < 4.78 is 3.52. The number of carbonyl (C=O) groups excluding carboxylic acids is 1. The second kappa shape index (κ2) is 6.88. The Morgan fingerprint density at radius 2 is 2.15 bits per heavy atom. The van der Waals surface area contributed by atoms with Crippen LogP contribution in [0.5, 0.6) is 0 Å². The zero-order chi connectivity index (χ0) is 17.9. The Balaban J connectivity index is 1.68. The summed E-state index contributed by atoms with van der Waals surface area (Å²) in [6.07, 6.45) is 7.28. The van der Waals surface area contributed by atoms with Crippen LogP contribution in [0.1, 0.15) is 47.2 Å². The second-order valence-electron chi connectivity index (χ2n) is 6.26. The molecule has 4 rings (SSSR count). The molecule has 0 unspecified atom stereocenters. The minimum Gasteiger partial charge on any atom is -0.313 e. The molecule has 1 aromatic carbocycles. The number of hydrogen-bond donors (Lipinski definition) is 0. The van der Waals surface area contributed by atoms with Gasteiger partial charge in [-0.1, -0.05) is 23.8 Å². The molecule has 3 heterocycles. The van der Waals surface area contributed by atoms with Crippen LogP contribution in [0.4, 0.5) is 0 Å². The van der Waals surface area contributed by atoms with Crippen molar-refractivity contribution in [2.45, 2.75) is 38.1 Å². The van der Waals surface area contributed by atoms with Gasteiger partial charge in [-0.25, -0.2) is 4.68 Å². The summed E-state index contributed by atoms with van der Waals surface area (Å²) in [5, 5.41) is 25.8. The molecule has 3 aromatic rings. The van der Waals surface area contributed by atoms with E-state index >= 15 is 0 Å². The average molecular weight is 347 g/mol. The zero-order valence-electron chi connectivity index (χ0n) is 14.1. The number of carbonyl (C=O) groups is 1. The first-order valence-electron chi connectivity index (χ1n) is 8.60. The van der Waals surface area contributed by atoms with Gasteiger partial charge in [-0.15, -0.1) is 15.3 Å². The van der Waals surface area contributed by atoms with E-state index < -0.39 is 5.92 Å². The third-order valence-corrected chi connectivity index (χ3v) is 4.61. The lowest BCUT2D eigenvalue weighted by molar-refractivity contribution is 0.0974. The molecule has 0 saturated heterocycles. The maximum Gasteiger partial charge on any atom is 0.187 e. The van der Waals surface area contributed by atoms with E-state index in [0.717, 1.165) is 38.1 Å². The fraction of sp³-hybridized carbons (Fsp3) is 0.333. The largest absolute Gasteiger partial charge is 0.313 e. The summed E-state index contributed by atoms with van der Waals surface area (Å²) in [7, 11) is 0. The quantitative estimate of drug-likeness (QED) is 0.670. The first kappa shape index (κ1) is 16.1. The van der Waals surface area contributed by atoms with Crippen LogP contribution < -0.4 is 0 Å². The Kier molecular flexibility index (Phi) is 4.27. The molecule has 1 atom stereocenters. The molecule has 0 radical (unpaired) electrons. The molecule has 1 aliphatic rings. The van der Waals surface area contributed by atoms with E-state index in [2.05, 4.69) is 26.6 Å². The van der Waals surface area contributed by atoms with Gasteiger partial charge in [0.1, 0.15) is 5.82 Å². The number of benzene rings is 1. The van der Waals surface area contributed by atoms with Crippen molar-refractivity contribution in [1.29, 1.82) is 5.26 Å². The fourth-order valence-corrected chi connectivity index (χ4v) is 3.27. The number of aryl methyl sites for hydroxylation is 1. The Bertz CT molecular complexity index is 968. The Labute approximate surface area is 150 Å². The SMILES string of the molecule is N#C[C@@H](C(=O)c1cccc(-n2ccnn2)c1)c1nnc2n1CCCCC2. The molecule has 8 heteroatoms. The third kappa shape index (κ3) is 2.88. The Hall–Kier alpha value is -3.34. The van der Waals surface area contributed by atoms with Gasteiger partial charge < -0.3 is 4.57 Å². The molecule has 0 bridgehead atoms. The highest BCUT2D eigenvalue weighted by Crippen LogP contribution is 2.24. The number of nitriles is 1. The molecule has 0 spiro atoms. The van der Waals surface area contributed by atoms with E-state index in [0.29, 0.717) is 17.1 Å². The highest BCUT2D eigenvalue weighted by Gasteiger charge is 2.29. The molecule has 26 heavy (non-hydrogen) atoms. The maximum atomic E-state index is 13.0.